The lowest BCUT2D eigenvalue weighted by Crippen LogP contribution is -2.27. The van der Waals surface area contributed by atoms with Crippen LogP contribution < -0.4 is 4.90 Å². The number of hydrogen-bond donors (Lipinski definition) is 0. The summed E-state index contributed by atoms with van der Waals surface area (Å²) in [5.41, 5.74) is 0.323. The second kappa shape index (κ2) is 5.33. The molecular formula is C10H10ClN3O2. The molecule has 0 aliphatic rings. The Labute approximate surface area is 98.2 Å². The molecule has 0 aliphatic heterocycles. The zero-order chi connectivity index (χ0) is 12.1. The van der Waals surface area contributed by atoms with Gasteiger partial charge in [0.15, 0.2) is 0 Å². The van der Waals surface area contributed by atoms with Crippen LogP contribution in [0.1, 0.15) is 5.56 Å². The molecule has 16 heavy (non-hydrogen) atoms. The highest BCUT2D eigenvalue weighted by molar-refractivity contribution is 6.34. The Kier molecular flexibility index (Phi) is 4.09. The third-order valence-electron chi connectivity index (χ3n) is 1.95. The van der Waals surface area contributed by atoms with E-state index in [9.17, 15) is 4.79 Å². The number of pyridine rings is 1. The summed E-state index contributed by atoms with van der Waals surface area (Å²) in [5, 5.41) is 9.01. The van der Waals surface area contributed by atoms with Gasteiger partial charge in [-0.3, -0.25) is 4.79 Å². The summed E-state index contributed by atoms with van der Waals surface area (Å²) < 4.78 is 4.52. The molecule has 0 atom stereocenters. The van der Waals surface area contributed by atoms with Gasteiger partial charge in [0.2, 0.25) is 0 Å². The van der Waals surface area contributed by atoms with Crippen molar-refractivity contribution in [2.45, 2.75) is 0 Å². The number of esters is 1. The molecule has 0 spiro atoms. The van der Waals surface area contributed by atoms with Crippen LogP contribution >= 0.6 is 11.6 Å². The zero-order valence-corrected chi connectivity index (χ0v) is 9.65. The first kappa shape index (κ1) is 12.3. The van der Waals surface area contributed by atoms with Crippen molar-refractivity contribution in [2.75, 3.05) is 25.6 Å². The summed E-state index contributed by atoms with van der Waals surface area (Å²) in [6, 6.07) is 3.45. The summed E-state index contributed by atoms with van der Waals surface area (Å²) in [6.45, 7) is 0.0259. The lowest BCUT2D eigenvalue weighted by Gasteiger charge is -2.17. The Balaban J connectivity index is 2.96. The van der Waals surface area contributed by atoms with Gasteiger partial charge in [-0.15, -0.1) is 0 Å². The molecule has 0 saturated carbocycles. The molecule has 0 aromatic carbocycles. The lowest BCUT2D eigenvalue weighted by atomic mass is 10.3. The van der Waals surface area contributed by atoms with Gasteiger partial charge in [0.1, 0.15) is 23.5 Å². The topological polar surface area (TPSA) is 66.2 Å². The number of carbonyl (C=O) groups excluding carboxylic acids is 1. The smallest absolute Gasteiger partial charge is 0.325 e. The Bertz CT molecular complexity index is 442. The monoisotopic (exact) mass is 239 g/mol. The first-order valence-corrected chi connectivity index (χ1v) is 4.80. The van der Waals surface area contributed by atoms with Crippen molar-refractivity contribution >= 4 is 23.4 Å². The fourth-order valence-electron chi connectivity index (χ4n) is 1.12. The molecule has 0 amide bonds. The fourth-order valence-corrected chi connectivity index (χ4v) is 1.42. The van der Waals surface area contributed by atoms with Gasteiger partial charge in [0.05, 0.1) is 12.7 Å². The van der Waals surface area contributed by atoms with Crippen LogP contribution in [0.25, 0.3) is 0 Å². The molecule has 0 fully saturated rings. The van der Waals surface area contributed by atoms with Crippen molar-refractivity contribution in [3.63, 3.8) is 0 Å². The second-order valence-corrected chi connectivity index (χ2v) is 3.42. The molecule has 1 heterocycles. The number of halogens is 1. The highest BCUT2D eigenvalue weighted by Crippen LogP contribution is 2.25. The zero-order valence-electron chi connectivity index (χ0n) is 8.90. The maximum absolute atomic E-state index is 11.1. The molecule has 1 aromatic rings. The minimum atomic E-state index is -0.400. The largest absolute Gasteiger partial charge is 0.468 e. The van der Waals surface area contributed by atoms with E-state index in [4.69, 9.17) is 16.9 Å². The highest BCUT2D eigenvalue weighted by atomic mass is 35.5. The first-order chi connectivity index (χ1) is 7.60. The third kappa shape index (κ3) is 2.61. The normalized spacial score (nSPS) is 9.38. The molecule has 1 aromatic heterocycles. The molecule has 0 unspecified atom stereocenters. The predicted molar refractivity (Wildman–Crippen MR) is 59.2 cm³/mol. The van der Waals surface area contributed by atoms with E-state index in [2.05, 4.69) is 9.72 Å². The summed E-state index contributed by atoms with van der Waals surface area (Å²) in [6.07, 6.45) is 1.47. The second-order valence-electron chi connectivity index (χ2n) is 3.04. The SMILES string of the molecule is COC(=O)CN(C)c1nccc(C#N)c1Cl. The Morgan fingerprint density at radius 2 is 2.44 bits per heavy atom. The summed E-state index contributed by atoms with van der Waals surface area (Å²) in [4.78, 5) is 16.6. The van der Waals surface area contributed by atoms with Crippen LogP contribution in [0.3, 0.4) is 0 Å². The van der Waals surface area contributed by atoms with Gasteiger partial charge in [-0.25, -0.2) is 4.98 Å². The van der Waals surface area contributed by atoms with E-state index in [0.29, 0.717) is 11.4 Å². The number of likely N-dealkylation sites (N-methyl/N-ethyl adjacent to an activating group) is 1. The molecule has 1 rings (SSSR count). The molecule has 5 nitrogen and oxygen atoms in total. The van der Waals surface area contributed by atoms with Gasteiger partial charge in [-0.2, -0.15) is 5.26 Å². The van der Waals surface area contributed by atoms with Crippen molar-refractivity contribution < 1.29 is 9.53 Å². The number of methoxy groups -OCH3 is 1. The summed E-state index contributed by atoms with van der Waals surface area (Å²) in [5.74, 6) is -0.0196. The van der Waals surface area contributed by atoms with Gasteiger partial charge in [-0.1, -0.05) is 11.6 Å². The summed E-state index contributed by atoms with van der Waals surface area (Å²) in [7, 11) is 2.95. The van der Waals surface area contributed by atoms with E-state index in [1.54, 1.807) is 7.05 Å². The minimum Gasteiger partial charge on any atom is -0.468 e. The Morgan fingerprint density at radius 1 is 1.75 bits per heavy atom. The van der Waals surface area contributed by atoms with E-state index < -0.39 is 5.97 Å². The van der Waals surface area contributed by atoms with E-state index in [1.807, 2.05) is 6.07 Å². The van der Waals surface area contributed by atoms with Crippen LogP contribution in [-0.2, 0) is 9.53 Å². The first-order valence-electron chi connectivity index (χ1n) is 4.42. The maximum atomic E-state index is 11.1. The van der Waals surface area contributed by atoms with E-state index in [-0.39, 0.29) is 11.6 Å². The lowest BCUT2D eigenvalue weighted by molar-refractivity contribution is -0.138. The van der Waals surface area contributed by atoms with Gasteiger partial charge in [0, 0.05) is 13.2 Å². The average Bonchev–Trinajstić information content (AvgIpc) is 2.29. The van der Waals surface area contributed by atoms with Crippen LogP contribution in [0.5, 0.6) is 0 Å². The van der Waals surface area contributed by atoms with Crippen molar-refractivity contribution in [2.24, 2.45) is 0 Å². The fraction of sp³-hybridized carbons (Fsp3) is 0.300. The number of nitrogens with zero attached hydrogens (tertiary/aromatic N) is 3. The average molecular weight is 240 g/mol. The number of anilines is 1. The van der Waals surface area contributed by atoms with Crippen molar-refractivity contribution in [1.82, 2.24) is 4.98 Å². The molecule has 84 valence electrons. The number of carbonyl (C=O) groups is 1. The maximum Gasteiger partial charge on any atom is 0.325 e. The number of ether oxygens (including phenoxy) is 1. The van der Waals surface area contributed by atoms with E-state index in [1.165, 1.54) is 24.3 Å². The molecule has 0 bridgehead atoms. The highest BCUT2D eigenvalue weighted by Gasteiger charge is 2.14. The number of aromatic nitrogens is 1. The van der Waals surface area contributed by atoms with Gasteiger partial charge < -0.3 is 9.64 Å². The molecule has 0 saturated heterocycles. The van der Waals surface area contributed by atoms with Gasteiger partial charge in [-0.05, 0) is 6.07 Å². The van der Waals surface area contributed by atoms with E-state index in [0.717, 1.165) is 0 Å². The van der Waals surface area contributed by atoms with Crippen molar-refractivity contribution in [3.05, 3.63) is 22.8 Å². The number of hydrogen-bond acceptors (Lipinski definition) is 5. The van der Waals surface area contributed by atoms with Gasteiger partial charge >= 0.3 is 5.97 Å². The number of nitriles is 1. The Hall–Kier alpha value is -1.80. The molecule has 0 N–H and O–H groups in total. The van der Waals surface area contributed by atoms with Gasteiger partial charge in [0.25, 0.3) is 0 Å². The quantitative estimate of drug-likeness (QED) is 0.742. The van der Waals surface area contributed by atoms with Crippen LogP contribution in [0.15, 0.2) is 12.3 Å². The van der Waals surface area contributed by atoms with Crippen molar-refractivity contribution in [1.29, 1.82) is 5.26 Å². The minimum absolute atomic E-state index is 0.0259. The van der Waals surface area contributed by atoms with Crippen LogP contribution in [0, 0.1) is 11.3 Å². The molecule has 0 aliphatic carbocycles. The molecule has 6 heteroatoms. The molecular weight excluding hydrogens is 230 g/mol. The van der Waals surface area contributed by atoms with Crippen LogP contribution in [0.2, 0.25) is 5.02 Å². The predicted octanol–water partition coefficient (Wildman–Crippen LogP) is 1.22. The van der Waals surface area contributed by atoms with Crippen LogP contribution in [-0.4, -0.2) is 31.7 Å². The third-order valence-corrected chi connectivity index (χ3v) is 2.32. The van der Waals surface area contributed by atoms with E-state index >= 15 is 0 Å². The van der Waals surface area contributed by atoms with Crippen molar-refractivity contribution in [3.8, 4) is 6.07 Å². The number of rotatable bonds is 3. The summed E-state index contributed by atoms with van der Waals surface area (Å²) >= 11 is 5.95. The Morgan fingerprint density at radius 3 is 3.00 bits per heavy atom. The molecule has 0 radical (unpaired) electrons. The standard InChI is InChI=1S/C10H10ClN3O2/c1-14(6-8(15)16-2)10-9(11)7(5-12)3-4-13-10/h3-4H,6H2,1-2H3. The van der Waals surface area contributed by atoms with Crippen LogP contribution in [0.4, 0.5) is 5.82 Å².